The van der Waals surface area contributed by atoms with Crippen molar-refractivity contribution in [3.63, 3.8) is 0 Å². The van der Waals surface area contributed by atoms with E-state index in [-0.39, 0.29) is 0 Å². The third kappa shape index (κ3) is 4.06. The van der Waals surface area contributed by atoms with Crippen LogP contribution in [0.4, 0.5) is 0 Å². The SMILES string of the molecule is NC(CSC1CCCC1)Cc1cc(Br)cs1. The van der Waals surface area contributed by atoms with E-state index in [0.29, 0.717) is 6.04 Å². The van der Waals surface area contributed by atoms with Crippen LogP contribution in [-0.2, 0) is 6.42 Å². The van der Waals surface area contributed by atoms with Gasteiger partial charge in [-0.3, -0.25) is 0 Å². The topological polar surface area (TPSA) is 26.0 Å². The fourth-order valence-corrected chi connectivity index (χ4v) is 4.94. The Bertz CT molecular complexity index is 321. The van der Waals surface area contributed by atoms with Crippen molar-refractivity contribution in [3.8, 4) is 0 Å². The molecule has 1 aliphatic rings. The molecule has 2 N–H and O–H groups in total. The van der Waals surface area contributed by atoms with E-state index < -0.39 is 0 Å². The summed E-state index contributed by atoms with van der Waals surface area (Å²) in [4.78, 5) is 1.39. The Morgan fingerprint density at radius 1 is 1.50 bits per heavy atom. The maximum atomic E-state index is 6.16. The van der Waals surface area contributed by atoms with Gasteiger partial charge in [0.25, 0.3) is 0 Å². The quantitative estimate of drug-likeness (QED) is 0.885. The molecule has 1 aromatic heterocycles. The van der Waals surface area contributed by atoms with E-state index in [1.165, 1.54) is 35.0 Å². The molecule has 0 amide bonds. The molecular weight excluding hydrogens is 302 g/mol. The Kier molecular flexibility index (Phi) is 5.20. The van der Waals surface area contributed by atoms with E-state index in [0.717, 1.165) is 17.4 Å². The van der Waals surface area contributed by atoms with Gasteiger partial charge >= 0.3 is 0 Å². The van der Waals surface area contributed by atoms with Crippen LogP contribution in [0, 0.1) is 0 Å². The molecule has 0 spiro atoms. The van der Waals surface area contributed by atoms with Gasteiger partial charge in [-0.25, -0.2) is 0 Å². The highest BCUT2D eigenvalue weighted by atomic mass is 79.9. The van der Waals surface area contributed by atoms with Crippen LogP contribution in [0.25, 0.3) is 0 Å². The number of thioether (sulfide) groups is 1. The van der Waals surface area contributed by atoms with Crippen LogP contribution in [0.15, 0.2) is 15.9 Å². The molecule has 0 radical (unpaired) electrons. The Morgan fingerprint density at radius 2 is 2.25 bits per heavy atom. The predicted molar refractivity (Wildman–Crippen MR) is 78.4 cm³/mol. The van der Waals surface area contributed by atoms with E-state index in [9.17, 15) is 0 Å². The first-order valence-corrected chi connectivity index (χ1v) is 8.56. The Labute approximate surface area is 114 Å². The average molecular weight is 320 g/mol. The summed E-state index contributed by atoms with van der Waals surface area (Å²) in [7, 11) is 0. The second kappa shape index (κ2) is 6.43. The summed E-state index contributed by atoms with van der Waals surface area (Å²) >= 11 is 7.37. The molecule has 1 aromatic rings. The number of rotatable bonds is 5. The van der Waals surface area contributed by atoms with Gasteiger partial charge in [-0.15, -0.1) is 11.3 Å². The first kappa shape index (κ1) is 12.9. The summed E-state index contributed by atoms with van der Waals surface area (Å²) in [5, 5.41) is 3.02. The summed E-state index contributed by atoms with van der Waals surface area (Å²) in [5.74, 6) is 1.11. The summed E-state index contributed by atoms with van der Waals surface area (Å²) in [6.45, 7) is 0. The highest BCUT2D eigenvalue weighted by Crippen LogP contribution is 2.30. The van der Waals surface area contributed by atoms with E-state index in [1.807, 2.05) is 0 Å². The van der Waals surface area contributed by atoms with Gasteiger partial charge in [-0.05, 0) is 41.3 Å². The van der Waals surface area contributed by atoms with Gasteiger partial charge in [0, 0.05) is 31.8 Å². The molecule has 0 saturated heterocycles. The molecule has 1 heterocycles. The minimum atomic E-state index is 0.316. The third-order valence-corrected chi connectivity index (χ3v) is 6.22. The number of halogens is 1. The fraction of sp³-hybridized carbons (Fsp3) is 0.667. The molecule has 1 aliphatic carbocycles. The Balaban J connectivity index is 1.69. The van der Waals surface area contributed by atoms with Crippen LogP contribution in [0.5, 0.6) is 0 Å². The lowest BCUT2D eigenvalue weighted by molar-refractivity contribution is 0.753. The van der Waals surface area contributed by atoms with Crippen LogP contribution in [-0.4, -0.2) is 17.0 Å². The maximum Gasteiger partial charge on any atom is 0.0285 e. The van der Waals surface area contributed by atoms with E-state index >= 15 is 0 Å². The molecular formula is C12H18BrNS2. The van der Waals surface area contributed by atoms with Crippen molar-refractivity contribution in [2.24, 2.45) is 5.73 Å². The highest BCUT2D eigenvalue weighted by molar-refractivity contribution is 9.10. The first-order chi connectivity index (χ1) is 7.74. The van der Waals surface area contributed by atoms with Crippen molar-refractivity contribution >= 4 is 39.0 Å². The van der Waals surface area contributed by atoms with Crippen molar-refractivity contribution in [1.82, 2.24) is 0 Å². The van der Waals surface area contributed by atoms with Gasteiger partial charge in [0.05, 0.1) is 0 Å². The lowest BCUT2D eigenvalue weighted by Gasteiger charge is -2.13. The lowest BCUT2D eigenvalue weighted by atomic mass is 10.2. The van der Waals surface area contributed by atoms with Gasteiger partial charge in [0.1, 0.15) is 0 Å². The Morgan fingerprint density at radius 3 is 2.88 bits per heavy atom. The minimum Gasteiger partial charge on any atom is -0.327 e. The second-order valence-corrected chi connectivity index (χ2v) is 7.68. The molecule has 1 fully saturated rings. The van der Waals surface area contributed by atoms with Crippen molar-refractivity contribution in [1.29, 1.82) is 0 Å². The summed E-state index contributed by atoms with van der Waals surface area (Å²) < 4.78 is 1.18. The molecule has 90 valence electrons. The second-order valence-electron chi connectivity index (χ2n) is 4.44. The zero-order chi connectivity index (χ0) is 11.4. The zero-order valence-electron chi connectivity index (χ0n) is 9.32. The van der Waals surface area contributed by atoms with Gasteiger partial charge < -0.3 is 5.73 Å². The molecule has 4 heteroatoms. The molecule has 1 saturated carbocycles. The standard InChI is InChI=1S/C12H18BrNS2/c13-9-5-12(15-7-9)6-10(14)8-16-11-3-1-2-4-11/h5,7,10-11H,1-4,6,8,14H2. The Hall–Kier alpha value is 0.490. The summed E-state index contributed by atoms with van der Waals surface area (Å²) in [5.41, 5.74) is 6.16. The van der Waals surface area contributed by atoms with Gasteiger partial charge in [-0.2, -0.15) is 11.8 Å². The molecule has 0 aromatic carbocycles. The smallest absolute Gasteiger partial charge is 0.0285 e. The van der Waals surface area contributed by atoms with Crippen LogP contribution in [0.2, 0.25) is 0 Å². The first-order valence-electron chi connectivity index (χ1n) is 5.84. The number of thiophene rings is 1. The molecule has 1 nitrogen and oxygen atoms in total. The monoisotopic (exact) mass is 319 g/mol. The molecule has 16 heavy (non-hydrogen) atoms. The number of hydrogen-bond donors (Lipinski definition) is 1. The third-order valence-electron chi connectivity index (χ3n) is 2.93. The van der Waals surface area contributed by atoms with Gasteiger partial charge in [0.15, 0.2) is 0 Å². The largest absolute Gasteiger partial charge is 0.327 e. The molecule has 2 rings (SSSR count). The van der Waals surface area contributed by atoms with Gasteiger partial charge in [0.2, 0.25) is 0 Å². The summed E-state index contributed by atoms with van der Waals surface area (Å²) in [6, 6.07) is 2.50. The number of nitrogens with two attached hydrogens (primary N) is 1. The number of hydrogen-bond acceptors (Lipinski definition) is 3. The highest BCUT2D eigenvalue weighted by Gasteiger charge is 2.16. The van der Waals surface area contributed by atoms with Crippen molar-refractivity contribution < 1.29 is 0 Å². The van der Waals surface area contributed by atoms with Gasteiger partial charge in [-0.1, -0.05) is 12.8 Å². The van der Waals surface area contributed by atoms with Crippen molar-refractivity contribution in [2.75, 3.05) is 5.75 Å². The zero-order valence-corrected chi connectivity index (χ0v) is 12.5. The van der Waals surface area contributed by atoms with E-state index in [2.05, 4.69) is 39.1 Å². The van der Waals surface area contributed by atoms with Crippen LogP contribution < -0.4 is 5.73 Å². The van der Waals surface area contributed by atoms with E-state index in [4.69, 9.17) is 5.73 Å². The van der Waals surface area contributed by atoms with Crippen molar-refractivity contribution in [3.05, 3.63) is 20.8 Å². The fourth-order valence-electron chi connectivity index (χ4n) is 2.09. The minimum absolute atomic E-state index is 0.316. The molecule has 0 aliphatic heterocycles. The van der Waals surface area contributed by atoms with Crippen LogP contribution >= 0.6 is 39.0 Å². The van der Waals surface area contributed by atoms with Crippen LogP contribution in [0.1, 0.15) is 30.6 Å². The maximum absolute atomic E-state index is 6.16. The lowest BCUT2D eigenvalue weighted by Crippen LogP contribution is -2.26. The normalized spacial score (nSPS) is 19.1. The van der Waals surface area contributed by atoms with Crippen molar-refractivity contribution in [2.45, 2.75) is 43.4 Å². The summed E-state index contributed by atoms with van der Waals surface area (Å²) in [6.07, 6.45) is 6.68. The average Bonchev–Trinajstić information content (AvgIpc) is 2.87. The predicted octanol–water partition coefficient (Wildman–Crippen LogP) is 4.06. The van der Waals surface area contributed by atoms with E-state index in [1.54, 1.807) is 11.3 Å². The molecule has 1 unspecified atom stereocenters. The van der Waals surface area contributed by atoms with Crippen LogP contribution in [0.3, 0.4) is 0 Å². The molecule has 1 atom stereocenters. The molecule has 0 bridgehead atoms.